The van der Waals surface area contributed by atoms with Gasteiger partial charge in [-0.25, -0.2) is 4.98 Å². The van der Waals surface area contributed by atoms with E-state index in [9.17, 15) is 0 Å². The van der Waals surface area contributed by atoms with Crippen molar-refractivity contribution in [1.82, 2.24) is 24.5 Å². The lowest BCUT2D eigenvalue weighted by atomic mass is 9.97. The van der Waals surface area contributed by atoms with E-state index in [1.54, 1.807) is 6.20 Å². The largest absolute Gasteiger partial charge is 0.456 e. The number of hydrogen-bond donors (Lipinski definition) is 0. The van der Waals surface area contributed by atoms with E-state index in [0.29, 0.717) is 17.6 Å². The second kappa shape index (κ2) is 9.55. The van der Waals surface area contributed by atoms with Gasteiger partial charge in [0.05, 0.1) is 11.0 Å². The Hall–Kier alpha value is -6.40. The number of para-hydroxylation sites is 2. The molecule has 0 aliphatic heterocycles. The lowest BCUT2D eigenvalue weighted by Gasteiger charge is -2.14. The van der Waals surface area contributed by atoms with Crippen LogP contribution in [0.25, 0.3) is 94.0 Å². The Labute approximate surface area is 262 Å². The topological polar surface area (TPSA) is 69.6 Å². The van der Waals surface area contributed by atoms with Gasteiger partial charge in [0.1, 0.15) is 11.2 Å². The standard InChI is InChI=1S/C40H23N5O/c1-2-11-25-24(10-1)22-31(27-13-4-3-12-26(25)27)39-42-38(30-16-9-19-36-37(30)32-23-41-21-20-35(32)46-36)43-40(44-39)45-33-17-7-5-14-28(33)29-15-6-8-18-34(29)45/h1-23H. The van der Waals surface area contributed by atoms with Gasteiger partial charge >= 0.3 is 0 Å². The molecule has 0 spiro atoms. The Balaban J connectivity index is 1.35. The zero-order valence-corrected chi connectivity index (χ0v) is 24.4. The van der Waals surface area contributed by atoms with Crippen molar-refractivity contribution in [2.24, 2.45) is 0 Å². The van der Waals surface area contributed by atoms with Crippen molar-refractivity contribution in [3.8, 4) is 28.7 Å². The fraction of sp³-hybridized carbons (Fsp3) is 0. The number of pyridine rings is 1. The van der Waals surface area contributed by atoms with Gasteiger partial charge in [-0.2, -0.15) is 9.97 Å². The summed E-state index contributed by atoms with van der Waals surface area (Å²) in [4.78, 5) is 20.1. The monoisotopic (exact) mass is 589 g/mol. The highest BCUT2D eigenvalue weighted by atomic mass is 16.3. The van der Waals surface area contributed by atoms with Crippen molar-refractivity contribution in [1.29, 1.82) is 0 Å². The number of fused-ring (bicyclic) bond motifs is 9. The number of furan rings is 1. The molecule has 4 heterocycles. The van der Waals surface area contributed by atoms with Crippen molar-refractivity contribution >= 4 is 65.3 Å². The van der Waals surface area contributed by atoms with Crippen LogP contribution in [0, 0.1) is 0 Å². The average Bonchev–Trinajstić information content (AvgIpc) is 3.67. The van der Waals surface area contributed by atoms with Gasteiger partial charge in [-0.05, 0) is 51.9 Å². The summed E-state index contributed by atoms with van der Waals surface area (Å²) in [5.74, 6) is 1.72. The SMILES string of the molecule is c1ccc2c(c1)cc(-c1nc(-c3cccc4oc5ccncc5c34)nc(-n3c4ccccc4c4ccccc43)n1)c1ccccc12. The Kier molecular flexibility index (Phi) is 5.19. The van der Waals surface area contributed by atoms with E-state index in [-0.39, 0.29) is 0 Å². The van der Waals surface area contributed by atoms with Gasteiger partial charge in [0.15, 0.2) is 11.6 Å². The van der Waals surface area contributed by atoms with E-state index in [4.69, 9.17) is 19.4 Å². The third kappa shape index (κ3) is 3.58. The van der Waals surface area contributed by atoms with Crippen LogP contribution in [-0.2, 0) is 0 Å². The van der Waals surface area contributed by atoms with E-state index in [1.807, 2.05) is 24.4 Å². The first-order chi connectivity index (χ1) is 22.8. The lowest BCUT2D eigenvalue weighted by Crippen LogP contribution is -2.06. The summed E-state index contributed by atoms with van der Waals surface area (Å²) in [6.07, 6.45) is 3.59. The number of nitrogens with zero attached hydrogens (tertiary/aromatic N) is 5. The van der Waals surface area contributed by atoms with E-state index in [0.717, 1.165) is 71.0 Å². The molecule has 0 saturated carbocycles. The zero-order valence-electron chi connectivity index (χ0n) is 24.4. The minimum absolute atomic E-state index is 0.553. The van der Waals surface area contributed by atoms with Gasteiger partial charge < -0.3 is 4.42 Å². The summed E-state index contributed by atoms with van der Waals surface area (Å²) in [7, 11) is 0. The molecule has 0 atom stereocenters. The van der Waals surface area contributed by atoms with Crippen molar-refractivity contribution < 1.29 is 4.42 Å². The highest BCUT2D eigenvalue weighted by Gasteiger charge is 2.21. The first kappa shape index (κ1) is 25.0. The number of benzene rings is 6. The molecule has 0 bridgehead atoms. The summed E-state index contributed by atoms with van der Waals surface area (Å²) < 4.78 is 8.39. The molecule has 0 aliphatic rings. The van der Waals surface area contributed by atoms with Crippen molar-refractivity contribution in [2.45, 2.75) is 0 Å². The Bertz CT molecular complexity index is 2780. The Morgan fingerprint density at radius 3 is 1.91 bits per heavy atom. The first-order valence-corrected chi connectivity index (χ1v) is 15.2. The molecule has 0 aliphatic carbocycles. The van der Waals surface area contributed by atoms with Crippen LogP contribution < -0.4 is 0 Å². The van der Waals surface area contributed by atoms with Gasteiger partial charge in [-0.15, -0.1) is 0 Å². The lowest BCUT2D eigenvalue weighted by molar-refractivity contribution is 0.668. The minimum Gasteiger partial charge on any atom is -0.456 e. The first-order valence-electron chi connectivity index (χ1n) is 15.2. The van der Waals surface area contributed by atoms with E-state index in [1.165, 1.54) is 5.39 Å². The molecule has 214 valence electrons. The van der Waals surface area contributed by atoms with Crippen LogP contribution in [0.15, 0.2) is 144 Å². The molecule has 10 rings (SSSR count). The predicted octanol–water partition coefficient (Wildman–Crippen LogP) is 9.90. The Morgan fingerprint density at radius 2 is 1.13 bits per heavy atom. The van der Waals surface area contributed by atoms with Crippen LogP contribution in [-0.4, -0.2) is 24.5 Å². The molecule has 0 saturated heterocycles. The third-order valence-electron chi connectivity index (χ3n) is 8.95. The average molecular weight is 590 g/mol. The summed E-state index contributed by atoms with van der Waals surface area (Å²) in [6.45, 7) is 0. The van der Waals surface area contributed by atoms with Gasteiger partial charge in [0, 0.05) is 45.1 Å². The van der Waals surface area contributed by atoms with Crippen LogP contribution in [0.1, 0.15) is 0 Å². The minimum atomic E-state index is 0.553. The zero-order chi connectivity index (χ0) is 30.2. The summed E-state index contributed by atoms with van der Waals surface area (Å²) in [5, 5.41) is 8.71. The van der Waals surface area contributed by atoms with Gasteiger partial charge in [-0.1, -0.05) is 97.1 Å². The van der Waals surface area contributed by atoms with Crippen LogP contribution in [0.2, 0.25) is 0 Å². The molecule has 0 amide bonds. The van der Waals surface area contributed by atoms with Crippen LogP contribution in [0.5, 0.6) is 0 Å². The van der Waals surface area contributed by atoms with Gasteiger partial charge in [-0.3, -0.25) is 9.55 Å². The molecule has 46 heavy (non-hydrogen) atoms. The summed E-state index contributed by atoms with van der Waals surface area (Å²) in [6, 6.07) is 43.9. The highest BCUT2D eigenvalue weighted by molar-refractivity contribution is 6.14. The van der Waals surface area contributed by atoms with Gasteiger partial charge in [0.25, 0.3) is 0 Å². The molecule has 10 aromatic rings. The van der Waals surface area contributed by atoms with Crippen LogP contribution in [0.3, 0.4) is 0 Å². The summed E-state index contributed by atoms with van der Waals surface area (Å²) >= 11 is 0. The van der Waals surface area contributed by atoms with E-state index >= 15 is 0 Å². The maximum Gasteiger partial charge on any atom is 0.238 e. The molecule has 0 fully saturated rings. The van der Waals surface area contributed by atoms with Crippen molar-refractivity contribution in [3.63, 3.8) is 0 Å². The molecule has 6 nitrogen and oxygen atoms in total. The van der Waals surface area contributed by atoms with Crippen LogP contribution in [0.4, 0.5) is 0 Å². The Morgan fingerprint density at radius 1 is 0.478 bits per heavy atom. The molecule has 6 aromatic carbocycles. The van der Waals surface area contributed by atoms with E-state index in [2.05, 4.69) is 119 Å². The fourth-order valence-corrected chi connectivity index (χ4v) is 6.94. The van der Waals surface area contributed by atoms with Gasteiger partial charge in [0.2, 0.25) is 5.95 Å². The van der Waals surface area contributed by atoms with Crippen LogP contribution >= 0.6 is 0 Å². The molecular weight excluding hydrogens is 566 g/mol. The molecule has 0 N–H and O–H groups in total. The van der Waals surface area contributed by atoms with Crippen molar-refractivity contribution in [2.75, 3.05) is 0 Å². The summed E-state index contributed by atoms with van der Waals surface area (Å²) in [5.41, 5.74) is 5.41. The highest BCUT2D eigenvalue weighted by Crippen LogP contribution is 2.39. The third-order valence-corrected chi connectivity index (χ3v) is 8.95. The van der Waals surface area contributed by atoms with E-state index < -0.39 is 0 Å². The second-order valence-corrected chi connectivity index (χ2v) is 11.5. The quantitative estimate of drug-likeness (QED) is 0.192. The maximum atomic E-state index is 6.24. The predicted molar refractivity (Wildman–Crippen MR) is 185 cm³/mol. The molecule has 0 unspecified atom stereocenters. The number of rotatable bonds is 3. The number of hydrogen-bond acceptors (Lipinski definition) is 5. The second-order valence-electron chi connectivity index (χ2n) is 11.5. The molecule has 6 heteroatoms. The molecular formula is C40H23N5O. The molecule has 4 aromatic heterocycles. The molecule has 0 radical (unpaired) electrons. The maximum absolute atomic E-state index is 6.24. The smallest absolute Gasteiger partial charge is 0.238 e. The number of aromatic nitrogens is 5. The van der Waals surface area contributed by atoms with Crippen molar-refractivity contribution in [3.05, 3.63) is 140 Å². The fourth-order valence-electron chi connectivity index (χ4n) is 6.94. The normalized spacial score (nSPS) is 11.9.